The third-order valence-electron chi connectivity index (χ3n) is 3.66. The largest absolute Gasteiger partial charge is 0.302 e. The Morgan fingerprint density at radius 1 is 1.33 bits per heavy atom. The highest BCUT2D eigenvalue weighted by Gasteiger charge is 2.27. The van der Waals surface area contributed by atoms with Crippen molar-refractivity contribution in [2.24, 2.45) is 5.10 Å². The summed E-state index contributed by atoms with van der Waals surface area (Å²) < 4.78 is 0. The Morgan fingerprint density at radius 3 is 2.48 bits per heavy atom. The minimum atomic E-state index is -0.231. The Kier molecular flexibility index (Phi) is 7.31. The maximum Gasteiger partial charge on any atom is 0.284 e. The van der Waals surface area contributed by atoms with Crippen molar-refractivity contribution in [2.75, 3.05) is 26.2 Å². The predicted octanol–water partition coefficient (Wildman–Crippen LogP) is 0.336. The number of hydrogen-bond acceptors (Lipinski definition) is 5. The fourth-order valence-corrected chi connectivity index (χ4v) is 2.00. The van der Waals surface area contributed by atoms with E-state index in [2.05, 4.69) is 41.6 Å². The highest BCUT2D eigenvalue weighted by Crippen LogP contribution is 2.02. The summed E-state index contributed by atoms with van der Waals surface area (Å²) in [6.07, 6.45) is 0.974. The molecule has 0 saturated heterocycles. The van der Waals surface area contributed by atoms with E-state index in [1.165, 1.54) is 0 Å². The van der Waals surface area contributed by atoms with E-state index < -0.39 is 0 Å². The lowest BCUT2D eigenvalue weighted by Gasteiger charge is -2.29. The van der Waals surface area contributed by atoms with Gasteiger partial charge in [0.1, 0.15) is 5.71 Å². The molecule has 120 valence electrons. The van der Waals surface area contributed by atoms with Crippen LogP contribution in [0, 0.1) is 0 Å². The van der Waals surface area contributed by atoms with Crippen molar-refractivity contribution < 1.29 is 9.59 Å². The number of carbonyl (C=O) groups excluding carboxylic acids is 2. The monoisotopic (exact) mass is 297 g/mol. The molecule has 2 N–H and O–H groups in total. The third kappa shape index (κ3) is 5.43. The number of hydrazine groups is 1. The van der Waals surface area contributed by atoms with Crippen molar-refractivity contribution >= 4 is 17.5 Å². The van der Waals surface area contributed by atoms with Gasteiger partial charge in [0.15, 0.2) is 0 Å². The number of amides is 2. The zero-order valence-electron chi connectivity index (χ0n) is 13.5. The molecule has 7 nitrogen and oxygen atoms in total. The van der Waals surface area contributed by atoms with Crippen LogP contribution in [0.1, 0.15) is 40.5 Å². The van der Waals surface area contributed by atoms with Crippen molar-refractivity contribution in [3.8, 4) is 0 Å². The lowest BCUT2D eigenvalue weighted by molar-refractivity contribution is -0.128. The van der Waals surface area contributed by atoms with Crippen molar-refractivity contribution in [1.82, 2.24) is 20.8 Å². The second-order valence-corrected chi connectivity index (χ2v) is 5.19. The second kappa shape index (κ2) is 8.74. The Balaban J connectivity index is 2.67. The average molecular weight is 297 g/mol. The molecule has 0 aromatic rings. The summed E-state index contributed by atoms with van der Waals surface area (Å²) in [4.78, 5) is 25.9. The molecule has 0 spiro atoms. The summed E-state index contributed by atoms with van der Waals surface area (Å²) in [6, 6.07) is 0.191. The minimum Gasteiger partial charge on any atom is -0.302 e. The number of rotatable bonds is 9. The molecule has 0 radical (unpaired) electrons. The number of nitrogens with zero attached hydrogens (tertiary/aromatic N) is 3. The van der Waals surface area contributed by atoms with Crippen LogP contribution in [0.2, 0.25) is 0 Å². The molecule has 1 aliphatic rings. The molecule has 0 fully saturated rings. The maximum absolute atomic E-state index is 12.5. The van der Waals surface area contributed by atoms with E-state index in [9.17, 15) is 9.59 Å². The first kappa shape index (κ1) is 17.6. The second-order valence-electron chi connectivity index (χ2n) is 5.19. The van der Waals surface area contributed by atoms with Crippen LogP contribution < -0.4 is 10.9 Å². The van der Waals surface area contributed by atoms with Gasteiger partial charge < -0.3 is 4.90 Å². The lowest BCUT2D eigenvalue weighted by Crippen LogP contribution is -2.52. The molecule has 1 aliphatic heterocycles. The zero-order valence-corrected chi connectivity index (χ0v) is 13.5. The van der Waals surface area contributed by atoms with Gasteiger partial charge in [0.05, 0.1) is 13.0 Å². The smallest absolute Gasteiger partial charge is 0.284 e. The van der Waals surface area contributed by atoms with Gasteiger partial charge in [0.25, 0.3) is 5.91 Å². The van der Waals surface area contributed by atoms with Gasteiger partial charge >= 0.3 is 0 Å². The Bertz CT molecular complexity index is 393. The van der Waals surface area contributed by atoms with Gasteiger partial charge in [-0.05, 0) is 26.4 Å². The molecular formula is C14H27N5O2. The van der Waals surface area contributed by atoms with Gasteiger partial charge in [0, 0.05) is 12.6 Å². The van der Waals surface area contributed by atoms with E-state index in [0.717, 1.165) is 26.1 Å². The summed E-state index contributed by atoms with van der Waals surface area (Å²) >= 11 is 0. The molecule has 0 aliphatic carbocycles. The SMILES string of the molecule is CC[C@@H](C)NN(CCN(CC)CC)C(=O)C1=NNC(=O)C1. The van der Waals surface area contributed by atoms with Gasteiger partial charge in [-0.1, -0.05) is 20.8 Å². The van der Waals surface area contributed by atoms with E-state index in [0.29, 0.717) is 6.54 Å². The first-order valence-electron chi connectivity index (χ1n) is 7.67. The molecule has 2 amide bonds. The summed E-state index contributed by atoms with van der Waals surface area (Å²) in [7, 11) is 0. The fraction of sp³-hybridized carbons (Fsp3) is 0.786. The van der Waals surface area contributed by atoms with Gasteiger partial charge in [-0.3, -0.25) is 14.6 Å². The number of hydrazone groups is 1. The molecule has 1 atom stereocenters. The molecule has 0 aromatic heterocycles. The molecule has 0 saturated carbocycles. The van der Waals surface area contributed by atoms with Crippen LogP contribution in [0.15, 0.2) is 5.10 Å². The third-order valence-corrected chi connectivity index (χ3v) is 3.66. The quantitative estimate of drug-likeness (QED) is 0.602. The van der Waals surface area contributed by atoms with Crippen LogP contribution in [0.25, 0.3) is 0 Å². The van der Waals surface area contributed by atoms with Crippen molar-refractivity contribution in [3.63, 3.8) is 0 Å². The molecule has 1 rings (SSSR count). The van der Waals surface area contributed by atoms with E-state index in [1.807, 2.05) is 6.92 Å². The number of hydrogen-bond donors (Lipinski definition) is 2. The van der Waals surface area contributed by atoms with Gasteiger partial charge in [-0.25, -0.2) is 10.9 Å². The van der Waals surface area contributed by atoms with Crippen LogP contribution >= 0.6 is 0 Å². The molecular weight excluding hydrogens is 270 g/mol. The highest BCUT2D eigenvalue weighted by molar-refractivity contribution is 6.42. The Hall–Kier alpha value is -1.47. The maximum atomic E-state index is 12.5. The summed E-state index contributed by atoms with van der Waals surface area (Å²) in [5.41, 5.74) is 5.80. The average Bonchev–Trinajstić information content (AvgIpc) is 2.92. The topological polar surface area (TPSA) is 77.0 Å². The zero-order chi connectivity index (χ0) is 15.8. The molecule has 0 aromatic carbocycles. The van der Waals surface area contributed by atoms with Gasteiger partial charge in [-0.15, -0.1) is 0 Å². The summed E-state index contributed by atoms with van der Waals surface area (Å²) in [6.45, 7) is 11.5. The van der Waals surface area contributed by atoms with Crippen LogP contribution in [-0.4, -0.2) is 59.7 Å². The highest BCUT2D eigenvalue weighted by atomic mass is 16.2. The Labute approximate surface area is 126 Å². The predicted molar refractivity (Wildman–Crippen MR) is 82.6 cm³/mol. The standard InChI is InChI=1S/C14H27N5O2/c1-5-11(4)17-19(9-8-18(6-2)7-3)14(21)12-10-13(20)16-15-12/h11,17H,5-10H2,1-4H3,(H,16,20)/t11-/m1/s1. The van der Waals surface area contributed by atoms with E-state index in [1.54, 1.807) is 5.01 Å². The molecule has 0 bridgehead atoms. The Morgan fingerprint density at radius 2 is 2.00 bits per heavy atom. The number of likely N-dealkylation sites (N-methyl/N-ethyl adjacent to an activating group) is 1. The molecule has 7 heteroatoms. The van der Waals surface area contributed by atoms with Crippen LogP contribution in [0.3, 0.4) is 0 Å². The van der Waals surface area contributed by atoms with Crippen LogP contribution in [0.4, 0.5) is 0 Å². The number of carbonyl (C=O) groups is 2. The first-order valence-corrected chi connectivity index (χ1v) is 7.67. The van der Waals surface area contributed by atoms with Gasteiger partial charge in [0.2, 0.25) is 5.91 Å². The van der Waals surface area contributed by atoms with Crippen molar-refractivity contribution in [1.29, 1.82) is 0 Å². The van der Waals surface area contributed by atoms with Gasteiger partial charge in [-0.2, -0.15) is 5.10 Å². The summed E-state index contributed by atoms with van der Waals surface area (Å²) in [5, 5.41) is 5.40. The molecule has 21 heavy (non-hydrogen) atoms. The first-order chi connectivity index (χ1) is 10.0. The summed E-state index contributed by atoms with van der Waals surface area (Å²) in [5.74, 6) is -0.452. The van der Waals surface area contributed by atoms with Crippen molar-refractivity contribution in [3.05, 3.63) is 0 Å². The van der Waals surface area contributed by atoms with E-state index in [4.69, 9.17) is 0 Å². The molecule has 0 unspecified atom stereocenters. The van der Waals surface area contributed by atoms with Crippen LogP contribution in [0.5, 0.6) is 0 Å². The lowest BCUT2D eigenvalue weighted by atomic mass is 10.2. The fourth-order valence-electron chi connectivity index (χ4n) is 2.00. The number of nitrogens with one attached hydrogen (secondary N) is 2. The van der Waals surface area contributed by atoms with E-state index in [-0.39, 0.29) is 30.0 Å². The normalized spacial score (nSPS) is 15.9. The van der Waals surface area contributed by atoms with Crippen LogP contribution in [-0.2, 0) is 9.59 Å². The molecule has 1 heterocycles. The minimum absolute atomic E-state index is 0.0583. The van der Waals surface area contributed by atoms with E-state index >= 15 is 0 Å². The van der Waals surface area contributed by atoms with Crippen molar-refractivity contribution in [2.45, 2.75) is 46.6 Å².